The molecule has 0 radical (unpaired) electrons. The van der Waals surface area contributed by atoms with Crippen molar-refractivity contribution in [1.29, 1.82) is 0 Å². The van der Waals surface area contributed by atoms with Crippen LogP contribution in [0.4, 0.5) is 0 Å². The quantitative estimate of drug-likeness (QED) is 0.0319. The van der Waals surface area contributed by atoms with E-state index in [1.807, 2.05) is 21.1 Å². The minimum atomic E-state index is -0.884. The smallest absolute Gasteiger partial charge is 0.362 e. The molecule has 0 aliphatic carbocycles. The maximum absolute atomic E-state index is 12.5. The van der Waals surface area contributed by atoms with Gasteiger partial charge in [0.2, 0.25) is 0 Å². The molecule has 0 saturated heterocycles. The van der Waals surface area contributed by atoms with Crippen molar-refractivity contribution in [2.24, 2.45) is 0 Å². The third-order valence-corrected chi connectivity index (χ3v) is 8.29. The van der Waals surface area contributed by atoms with Crippen molar-refractivity contribution in [3.8, 4) is 0 Å². The Bertz CT molecular complexity index is 891. The van der Waals surface area contributed by atoms with Crippen LogP contribution >= 0.6 is 0 Å². The van der Waals surface area contributed by atoms with E-state index in [1.54, 1.807) is 0 Å². The summed E-state index contributed by atoms with van der Waals surface area (Å²) < 4.78 is 17.1. The van der Waals surface area contributed by atoms with E-state index in [0.29, 0.717) is 19.3 Å². The van der Waals surface area contributed by atoms with Crippen LogP contribution in [0.25, 0.3) is 0 Å². The minimum Gasteiger partial charge on any atom is -0.477 e. The third-order valence-electron chi connectivity index (χ3n) is 8.29. The number of quaternary nitrogens is 1. The van der Waals surface area contributed by atoms with E-state index >= 15 is 0 Å². The topological polar surface area (TPSA) is 99.1 Å². The molecule has 0 aromatic carbocycles. The highest BCUT2D eigenvalue weighted by atomic mass is 16.6. The number of rotatable bonds is 33. The lowest BCUT2D eigenvalue weighted by Crippen LogP contribution is -2.50. The Kier molecular flexibility index (Phi) is 30.2. The van der Waals surface area contributed by atoms with Crippen LogP contribution in [-0.2, 0) is 28.6 Å². The molecule has 0 amide bonds. The summed E-state index contributed by atoms with van der Waals surface area (Å²) in [5.41, 5.74) is 0. The maximum Gasteiger partial charge on any atom is 0.362 e. The van der Waals surface area contributed by atoms with E-state index in [0.717, 1.165) is 38.5 Å². The van der Waals surface area contributed by atoms with Crippen LogP contribution in [0.1, 0.15) is 149 Å². The molecular formula is C40H72NO7+. The molecule has 48 heavy (non-hydrogen) atoms. The van der Waals surface area contributed by atoms with Gasteiger partial charge >= 0.3 is 17.9 Å². The zero-order valence-corrected chi connectivity index (χ0v) is 31.4. The summed E-state index contributed by atoms with van der Waals surface area (Å²) in [4.78, 5) is 36.6. The Morgan fingerprint density at radius 2 is 1.12 bits per heavy atom. The number of hydrogen-bond acceptors (Lipinski definition) is 6. The molecule has 0 heterocycles. The van der Waals surface area contributed by atoms with Gasteiger partial charge in [0.15, 0.2) is 12.1 Å². The van der Waals surface area contributed by atoms with Crippen LogP contribution < -0.4 is 0 Å². The summed E-state index contributed by atoms with van der Waals surface area (Å²) in [6.07, 6.45) is 33.5. The molecular weight excluding hydrogens is 606 g/mol. The Morgan fingerprint density at radius 3 is 1.69 bits per heavy atom. The predicted molar refractivity (Wildman–Crippen MR) is 197 cm³/mol. The van der Waals surface area contributed by atoms with Crippen LogP contribution in [0, 0.1) is 0 Å². The van der Waals surface area contributed by atoms with Gasteiger partial charge < -0.3 is 23.8 Å². The molecule has 1 N–H and O–H groups in total. The molecule has 0 fully saturated rings. The SMILES string of the molecule is CCCCCCCC/C=C/C/C=C/C/C=C/CCCC(=O)OCC(COCCC(C(=O)O)[N+](C)(C)C)OC(=O)CCCCCCCCC. The number of carboxylic acids is 1. The van der Waals surface area contributed by atoms with Gasteiger partial charge in [0.25, 0.3) is 0 Å². The number of nitrogens with zero attached hydrogens (tertiary/aromatic N) is 1. The van der Waals surface area contributed by atoms with Crippen LogP contribution in [0.5, 0.6) is 0 Å². The standard InChI is InChI=1S/C40H71NO7/c1-6-8-10-12-14-15-16-17-18-19-20-21-22-23-25-26-28-30-38(42)47-35-36(34-46-33-32-37(40(44)45)41(3,4)5)48-39(43)31-29-27-24-13-11-9-7-2/h17-18,20-21,23,25,36-37H,6-16,19,22,24,26-35H2,1-5H3/p+1/b18-17+,21-20+,25-23+. The molecule has 0 aromatic heterocycles. The average molecular weight is 679 g/mol. The van der Waals surface area contributed by atoms with Gasteiger partial charge in [0.1, 0.15) is 6.61 Å². The van der Waals surface area contributed by atoms with Crippen molar-refractivity contribution in [2.45, 2.75) is 161 Å². The van der Waals surface area contributed by atoms with E-state index in [1.165, 1.54) is 70.6 Å². The Balaban J connectivity index is 4.42. The Morgan fingerprint density at radius 1 is 0.625 bits per heavy atom. The third kappa shape index (κ3) is 29.7. The number of aliphatic carboxylic acids is 1. The fourth-order valence-electron chi connectivity index (χ4n) is 5.28. The summed E-state index contributed by atoms with van der Waals surface area (Å²) in [5.74, 6) is -1.54. The molecule has 0 aromatic rings. The second-order valence-corrected chi connectivity index (χ2v) is 13.8. The zero-order valence-electron chi connectivity index (χ0n) is 31.4. The average Bonchev–Trinajstić information content (AvgIpc) is 3.03. The molecule has 0 aliphatic rings. The summed E-state index contributed by atoms with van der Waals surface area (Å²) in [5, 5.41) is 9.55. The van der Waals surface area contributed by atoms with Gasteiger partial charge in [-0.3, -0.25) is 9.59 Å². The molecule has 0 saturated carbocycles. The van der Waals surface area contributed by atoms with Gasteiger partial charge in [0.05, 0.1) is 34.4 Å². The lowest BCUT2D eigenvalue weighted by molar-refractivity contribution is -0.887. The predicted octanol–water partition coefficient (Wildman–Crippen LogP) is 9.52. The molecule has 0 bridgehead atoms. The first kappa shape index (κ1) is 45.6. The van der Waals surface area contributed by atoms with Crippen molar-refractivity contribution >= 4 is 17.9 Å². The molecule has 2 atom stereocenters. The van der Waals surface area contributed by atoms with Crippen LogP contribution in [-0.4, -0.2) is 80.6 Å². The number of carbonyl (C=O) groups is 3. The highest BCUT2D eigenvalue weighted by molar-refractivity contribution is 5.72. The van der Waals surface area contributed by atoms with Gasteiger partial charge in [-0.25, -0.2) is 4.79 Å². The van der Waals surface area contributed by atoms with E-state index in [9.17, 15) is 19.5 Å². The van der Waals surface area contributed by atoms with E-state index in [2.05, 4.69) is 50.3 Å². The number of esters is 2. The molecule has 0 spiro atoms. The highest BCUT2D eigenvalue weighted by Crippen LogP contribution is 2.12. The number of carboxylic acid groups (broad SMARTS) is 1. The van der Waals surface area contributed by atoms with E-state index in [4.69, 9.17) is 14.2 Å². The van der Waals surface area contributed by atoms with Gasteiger partial charge in [0, 0.05) is 19.3 Å². The molecule has 0 rings (SSSR count). The first-order valence-electron chi connectivity index (χ1n) is 19.0. The van der Waals surface area contributed by atoms with Crippen LogP contribution in [0.3, 0.4) is 0 Å². The Labute approximate surface area is 293 Å². The second kappa shape index (κ2) is 31.8. The molecule has 0 aliphatic heterocycles. The molecule has 8 nitrogen and oxygen atoms in total. The van der Waals surface area contributed by atoms with Gasteiger partial charge in [-0.2, -0.15) is 0 Å². The summed E-state index contributed by atoms with van der Waals surface area (Å²) in [6.45, 7) is 4.61. The minimum absolute atomic E-state index is 0.0463. The fraction of sp³-hybridized carbons (Fsp3) is 0.775. The van der Waals surface area contributed by atoms with Crippen molar-refractivity contribution < 1.29 is 38.2 Å². The van der Waals surface area contributed by atoms with Crippen molar-refractivity contribution in [3.05, 3.63) is 36.5 Å². The number of ether oxygens (including phenoxy) is 3. The van der Waals surface area contributed by atoms with Gasteiger partial charge in [-0.1, -0.05) is 121 Å². The maximum atomic E-state index is 12.5. The van der Waals surface area contributed by atoms with Crippen molar-refractivity contribution in [2.75, 3.05) is 41.0 Å². The lowest BCUT2D eigenvalue weighted by atomic mass is 10.1. The number of unbranched alkanes of at least 4 members (excludes halogenated alkanes) is 13. The fourth-order valence-corrected chi connectivity index (χ4v) is 5.28. The van der Waals surface area contributed by atoms with Crippen LogP contribution in [0.15, 0.2) is 36.5 Å². The molecule has 278 valence electrons. The lowest BCUT2D eigenvalue weighted by Gasteiger charge is -2.31. The summed E-state index contributed by atoms with van der Waals surface area (Å²) >= 11 is 0. The normalized spacial score (nSPS) is 13.4. The summed E-state index contributed by atoms with van der Waals surface area (Å²) in [6, 6.07) is -0.618. The van der Waals surface area contributed by atoms with Crippen molar-refractivity contribution in [1.82, 2.24) is 0 Å². The van der Waals surface area contributed by atoms with Crippen molar-refractivity contribution in [3.63, 3.8) is 0 Å². The molecule has 8 heteroatoms. The van der Waals surface area contributed by atoms with Gasteiger partial charge in [-0.15, -0.1) is 0 Å². The second-order valence-electron chi connectivity index (χ2n) is 13.8. The number of carbonyl (C=O) groups excluding carboxylic acids is 2. The number of hydrogen-bond donors (Lipinski definition) is 1. The Hall–Kier alpha value is -2.45. The largest absolute Gasteiger partial charge is 0.477 e. The molecule has 2 unspecified atom stereocenters. The first-order valence-corrected chi connectivity index (χ1v) is 19.0. The number of likely N-dealkylation sites (N-methyl/N-ethyl adjacent to an activating group) is 1. The first-order chi connectivity index (χ1) is 23.1. The summed E-state index contributed by atoms with van der Waals surface area (Å²) in [7, 11) is 5.49. The highest BCUT2D eigenvalue weighted by Gasteiger charge is 2.31. The van der Waals surface area contributed by atoms with E-state index < -0.39 is 18.1 Å². The monoisotopic (exact) mass is 679 g/mol. The van der Waals surface area contributed by atoms with Gasteiger partial charge in [-0.05, 0) is 44.9 Å². The zero-order chi connectivity index (χ0) is 35.7. The van der Waals surface area contributed by atoms with E-state index in [-0.39, 0.29) is 42.7 Å². The number of allylic oxidation sites excluding steroid dienone is 6. The van der Waals surface area contributed by atoms with Crippen LogP contribution in [0.2, 0.25) is 0 Å².